The van der Waals surface area contributed by atoms with Crippen LogP contribution in [0.25, 0.3) is 0 Å². The van der Waals surface area contributed by atoms with Crippen LogP contribution in [0.1, 0.15) is 18.4 Å². The highest BCUT2D eigenvalue weighted by molar-refractivity contribution is 5.83. The molecule has 1 aromatic rings. The molecule has 0 unspecified atom stereocenters. The summed E-state index contributed by atoms with van der Waals surface area (Å²) in [6.45, 7) is 1.73. The fourth-order valence-electron chi connectivity index (χ4n) is 2.10. The summed E-state index contributed by atoms with van der Waals surface area (Å²) in [6, 6.07) is 5.99. The van der Waals surface area contributed by atoms with Crippen LogP contribution in [0.2, 0.25) is 0 Å². The van der Waals surface area contributed by atoms with Crippen molar-refractivity contribution in [2.24, 2.45) is 0 Å². The molecule has 1 saturated heterocycles. The summed E-state index contributed by atoms with van der Waals surface area (Å²) in [5, 5.41) is 0. The Kier molecular flexibility index (Phi) is 4.20. The van der Waals surface area contributed by atoms with Crippen molar-refractivity contribution < 1.29 is 14.0 Å². The number of hydrogen-bond acceptors (Lipinski definition) is 3. The average Bonchev–Trinajstić information content (AvgIpc) is 2.35. The Morgan fingerprint density at radius 2 is 1.78 bits per heavy atom. The second-order valence-electron chi connectivity index (χ2n) is 4.66. The van der Waals surface area contributed by atoms with Gasteiger partial charge >= 0.3 is 0 Å². The molecule has 0 spiro atoms. The molecule has 1 heterocycles. The van der Waals surface area contributed by atoms with Crippen LogP contribution < -0.4 is 0 Å². The molecule has 1 aliphatic heterocycles. The summed E-state index contributed by atoms with van der Waals surface area (Å²) in [7, 11) is 0. The van der Waals surface area contributed by atoms with Crippen LogP contribution in [-0.4, -0.2) is 36.1 Å². The summed E-state index contributed by atoms with van der Waals surface area (Å²) in [6.07, 6.45) is 1.42. The first-order valence-corrected chi connectivity index (χ1v) is 6.14. The van der Waals surface area contributed by atoms with Gasteiger partial charge in [0.05, 0.1) is 6.54 Å². The molecule has 18 heavy (non-hydrogen) atoms. The van der Waals surface area contributed by atoms with Gasteiger partial charge in [-0.1, -0.05) is 12.1 Å². The van der Waals surface area contributed by atoms with Gasteiger partial charge in [-0.2, -0.15) is 0 Å². The van der Waals surface area contributed by atoms with Crippen LogP contribution >= 0.6 is 0 Å². The fourth-order valence-corrected chi connectivity index (χ4v) is 2.10. The third kappa shape index (κ3) is 3.74. The smallest absolute Gasteiger partial charge is 0.151 e. The number of Topliss-reactive ketones (excluding diaryl/α,β-unsaturated/α-hetero) is 2. The number of piperidine rings is 1. The molecule has 0 amide bonds. The molecule has 0 atom stereocenters. The van der Waals surface area contributed by atoms with Crippen LogP contribution in [0.3, 0.4) is 0 Å². The number of rotatable bonds is 4. The molecule has 0 bridgehead atoms. The van der Waals surface area contributed by atoms with E-state index >= 15 is 0 Å². The Bertz CT molecular complexity index is 432. The van der Waals surface area contributed by atoms with E-state index in [1.54, 1.807) is 12.1 Å². The van der Waals surface area contributed by atoms with Gasteiger partial charge < -0.3 is 0 Å². The van der Waals surface area contributed by atoms with Crippen molar-refractivity contribution in [3.63, 3.8) is 0 Å². The van der Waals surface area contributed by atoms with E-state index in [0.29, 0.717) is 38.9 Å². The van der Waals surface area contributed by atoms with Crippen LogP contribution in [0.4, 0.5) is 4.39 Å². The van der Waals surface area contributed by atoms with Crippen LogP contribution in [-0.2, 0) is 16.0 Å². The van der Waals surface area contributed by atoms with E-state index in [4.69, 9.17) is 0 Å². The van der Waals surface area contributed by atoms with Gasteiger partial charge in [0.2, 0.25) is 0 Å². The maximum atomic E-state index is 12.7. The number of ketones is 2. The molecule has 0 aliphatic carbocycles. The highest BCUT2D eigenvalue weighted by Gasteiger charge is 2.18. The van der Waals surface area contributed by atoms with Crippen molar-refractivity contribution in [1.82, 2.24) is 4.90 Å². The summed E-state index contributed by atoms with van der Waals surface area (Å²) < 4.78 is 12.7. The lowest BCUT2D eigenvalue weighted by atomic mass is 10.1. The van der Waals surface area contributed by atoms with E-state index in [2.05, 4.69) is 0 Å². The first kappa shape index (κ1) is 12.9. The van der Waals surface area contributed by atoms with Gasteiger partial charge in [0.25, 0.3) is 0 Å². The number of carbonyl (C=O) groups is 2. The summed E-state index contributed by atoms with van der Waals surface area (Å²) >= 11 is 0. The molecule has 1 aliphatic rings. The second kappa shape index (κ2) is 5.87. The first-order chi connectivity index (χ1) is 8.63. The Labute approximate surface area is 106 Å². The molecule has 3 nitrogen and oxygen atoms in total. The number of carbonyl (C=O) groups excluding carboxylic acids is 2. The number of nitrogens with zero attached hydrogens (tertiary/aromatic N) is 1. The molecule has 0 aromatic heterocycles. The molecule has 4 heteroatoms. The third-order valence-electron chi connectivity index (χ3n) is 3.13. The minimum Gasteiger partial charge on any atom is -0.300 e. The van der Waals surface area contributed by atoms with E-state index in [1.165, 1.54) is 12.1 Å². The molecule has 1 aromatic carbocycles. The van der Waals surface area contributed by atoms with Crippen molar-refractivity contribution >= 4 is 11.6 Å². The minimum atomic E-state index is -0.291. The zero-order chi connectivity index (χ0) is 13.0. The summed E-state index contributed by atoms with van der Waals surface area (Å²) in [5.74, 6) is 0.0916. The van der Waals surface area contributed by atoms with E-state index < -0.39 is 0 Å². The molecule has 0 saturated carbocycles. The Morgan fingerprint density at radius 1 is 1.17 bits per heavy atom. The van der Waals surface area contributed by atoms with Crippen molar-refractivity contribution in [1.29, 1.82) is 0 Å². The molecule has 96 valence electrons. The van der Waals surface area contributed by atoms with E-state index in [1.807, 2.05) is 4.90 Å². The monoisotopic (exact) mass is 249 g/mol. The zero-order valence-electron chi connectivity index (χ0n) is 10.2. The largest absolute Gasteiger partial charge is 0.300 e. The van der Waals surface area contributed by atoms with Gasteiger partial charge in [0, 0.05) is 32.4 Å². The average molecular weight is 249 g/mol. The number of likely N-dealkylation sites (tertiary alicyclic amines) is 1. The lowest BCUT2D eigenvalue weighted by Gasteiger charge is -2.24. The van der Waals surface area contributed by atoms with Gasteiger partial charge in [-0.15, -0.1) is 0 Å². The summed E-state index contributed by atoms with van der Waals surface area (Å²) in [5.41, 5.74) is 0.828. The second-order valence-corrected chi connectivity index (χ2v) is 4.66. The van der Waals surface area contributed by atoms with Gasteiger partial charge in [-0.05, 0) is 17.7 Å². The molecule has 2 rings (SSSR count). The third-order valence-corrected chi connectivity index (χ3v) is 3.13. The first-order valence-electron chi connectivity index (χ1n) is 6.14. The van der Waals surface area contributed by atoms with Crippen LogP contribution in [0.5, 0.6) is 0 Å². The predicted octanol–water partition coefficient (Wildman–Crippen LogP) is 1.60. The molecule has 0 radical (unpaired) electrons. The maximum Gasteiger partial charge on any atom is 0.151 e. The molecule has 1 fully saturated rings. The highest BCUT2D eigenvalue weighted by Crippen LogP contribution is 2.08. The van der Waals surface area contributed by atoms with Crippen LogP contribution in [0.15, 0.2) is 24.3 Å². The predicted molar refractivity (Wildman–Crippen MR) is 65.8 cm³/mol. The lowest BCUT2D eigenvalue weighted by molar-refractivity contribution is -0.124. The maximum absolute atomic E-state index is 12.7. The Morgan fingerprint density at radius 3 is 2.39 bits per heavy atom. The fraction of sp³-hybridized carbons (Fsp3) is 0.429. The van der Waals surface area contributed by atoms with Gasteiger partial charge in [0.15, 0.2) is 5.78 Å². The Balaban J connectivity index is 1.81. The Hall–Kier alpha value is -1.55. The standard InChI is InChI=1S/C14H16FNO2/c15-12-3-1-11(2-4-12)9-14(18)10-16-7-5-13(17)6-8-16/h1-4H,5-10H2. The van der Waals surface area contributed by atoms with Crippen molar-refractivity contribution in [3.8, 4) is 0 Å². The van der Waals surface area contributed by atoms with E-state index in [-0.39, 0.29) is 17.4 Å². The number of halogens is 1. The normalized spacial score (nSPS) is 16.8. The number of hydrogen-bond donors (Lipinski definition) is 0. The van der Waals surface area contributed by atoms with Crippen molar-refractivity contribution in [2.45, 2.75) is 19.3 Å². The topological polar surface area (TPSA) is 37.4 Å². The highest BCUT2D eigenvalue weighted by atomic mass is 19.1. The van der Waals surface area contributed by atoms with Crippen molar-refractivity contribution in [2.75, 3.05) is 19.6 Å². The number of benzene rings is 1. The molecule has 0 N–H and O–H groups in total. The van der Waals surface area contributed by atoms with Crippen LogP contribution in [0, 0.1) is 5.82 Å². The van der Waals surface area contributed by atoms with Crippen molar-refractivity contribution in [3.05, 3.63) is 35.6 Å². The lowest BCUT2D eigenvalue weighted by Crippen LogP contribution is -2.37. The van der Waals surface area contributed by atoms with Gasteiger partial charge in [-0.3, -0.25) is 14.5 Å². The summed E-state index contributed by atoms with van der Waals surface area (Å²) in [4.78, 5) is 24.9. The van der Waals surface area contributed by atoms with E-state index in [0.717, 1.165) is 5.56 Å². The minimum absolute atomic E-state index is 0.107. The quantitative estimate of drug-likeness (QED) is 0.813. The molecular formula is C14H16FNO2. The zero-order valence-corrected chi connectivity index (χ0v) is 10.2. The van der Waals surface area contributed by atoms with Gasteiger partial charge in [-0.25, -0.2) is 4.39 Å². The van der Waals surface area contributed by atoms with E-state index in [9.17, 15) is 14.0 Å². The SMILES string of the molecule is O=C1CCN(CC(=O)Cc2ccc(F)cc2)CC1. The molecular weight excluding hydrogens is 233 g/mol. The van der Waals surface area contributed by atoms with Gasteiger partial charge in [0.1, 0.15) is 11.6 Å².